The molecular formula is C28H38N2O6. The first-order valence-electron chi connectivity index (χ1n) is 12.7. The lowest BCUT2D eigenvalue weighted by molar-refractivity contribution is -0.118. The van der Waals surface area contributed by atoms with Gasteiger partial charge in [-0.3, -0.25) is 10.1 Å². The second-order valence-electron chi connectivity index (χ2n) is 10.5. The number of fused-ring (bicyclic) bond motifs is 5. The predicted molar refractivity (Wildman–Crippen MR) is 137 cm³/mol. The molecule has 3 aliphatic rings. The van der Waals surface area contributed by atoms with Crippen LogP contribution < -0.4 is 15.0 Å². The highest BCUT2D eigenvalue weighted by Gasteiger charge is 2.54. The van der Waals surface area contributed by atoms with Crippen molar-refractivity contribution in [3.05, 3.63) is 47.1 Å². The normalized spacial score (nSPS) is 33.5. The van der Waals surface area contributed by atoms with E-state index in [1.807, 2.05) is 45.2 Å². The molecule has 8 nitrogen and oxygen atoms in total. The quantitative estimate of drug-likeness (QED) is 0.593. The Labute approximate surface area is 213 Å². The number of epoxide rings is 1. The summed E-state index contributed by atoms with van der Waals surface area (Å²) in [5.74, 6) is 0.789. The topological polar surface area (TPSA) is 101 Å². The average Bonchev–Trinajstić information content (AvgIpc) is 3.46. The fraction of sp³-hybridized carbons (Fsp3) is 0.571. The molecule has 4 bridgehead atoms. The van der Waals surface area contributed by atoms with E-state index >= 15 is 0 Å². The van der Waals surface area contributed by atoms with Crippen LogP contribution in [0.25, 0.3) is 0 Å². The third-order valence-corrected chi connectivity index (χ3v) is 7.53. The number of amides is 2. The number of methoxy groups -OCH3 is 1. The summed E-state index contributed by atoms with van der Waals surface area (Å²) in [5, 5.41) is 13.6. The summed E-state index contributed by atoms with van der Waals surface area (Å²) in [7, 11) is 3.47. The number of hydrogen-bond acceptors (Lipinski definition) is 6. The summed E-state index contributed by atoms with van der Waals surface area (Å²) in [5.41, 5.74) is 2.21. The Morgan fingerprint density at radius 1 is 1.31 bits per heavy atom. The van der Waals surface area contributed by atoms with Crippen LogP contribution in [0.15, 0.2) is 35.9 Å². The number of alkyl carbamates (subject to hydrolysis) is 1. The lowest BCUT2D eigenvalue weighted by Crippen LogP contribution is -2.56. The summed E-state index contributed by atoms with van der Waals surface area (Å²) in [6.45, 7) is 6.09. The first-order valence-corrected chi connectivity index (χ1v) is 12.7. The highest BCUT2D eigenvalue weighted by atomic mass is 16.6. The Morgan fingerprint density at radius 3 is 2.81 bits per heavy atom. The summed E-state index contributed by atoms with van der Waals surface area (Å²) >= 11 is 0. The minimum Gasteiger partial charge on any atom is -0.496 e. The van der Waals surface area contributed by atoms with E-state index in [-0.39, 0.29) is 24.9 Å². The van der Waals surface area contributed by atoms with E-state index in [1.54, 1.807) is 12.0 Å². The van der Waals surface area contributed by atoms with Crippen molar-refractivity contribution in [1.82, 2.24) is 5.32 Å². The number of nitrogens with one attached hydrogen (secondary N) is 1. The van der Waals surface area contributed by atoms with Crippen molar-refractivity contribution in [3.63, 3.8) is 0 Å². The standard InChI is InChI=1S/C28H38N2O6/c1-6-21-22-14-19(15-23(21)34-5)13-18(2)9-7-8-11-28(33)17-20(35-26(32)29-28)16-24-27(3,36-24)12-10-25(31)30(22)4/h7-9,14-15,20,24,33H,6,10-13,16-17H2,1-5H3,(H,29,32)/b8-7+,18-9+/t20?,24?,27?,28-/m1/s1. The molecule has 1 aromatic carbocycles. The van der Waals surface area contributed by atoms with Crippen LogP contribution >= 0.6 is 0 Å². The lowest BCUT2D eigenvalue weighted by atomic mass is 9.92. The Morgan fingerprint density at radius 2 is 2.08 bits per heavy atom. The molecule has 3 unspecified atom stereocenters. The first kappa shape index (κ1) is 26.2. The van der Waals surface area contributed by atoms with E-state index in [1.165, 1.54) is 0 Å². The van der Waals surface area contributed by atoms with Crippen molar-refractivity contribution in [2.75, 3.05) is 19.1 Å². The lowest BCUT2D eigenvalue weighted by Gasteiger charge is -2.36. The van der Waals surface area contributed by atoms with Gasteiger partial charge < -0.3 is 24.2 Å². The monoisotopic (exact) mass is 498 g/mol. The van der Waals surface area contributed by atoms with Gasteiger partial charge in [-0.15, -0.1) is 0 Å². The minimum absolute atomic E-state index is 0.00941. The van der Waals surface area contributed by atoms with Gasteiger partial charge >= 0.3 is 6.09 Å². The third-order valence-electron chi connectivity index (χ3n) is 7.53. The van der Waals surface area contributed by atoms with Crippen LogP contribution in [0.2, 0.25) is 0 Å². The summed E-state index contributed by atoms with van der Waals surface area (Å²) in [6.07, 6.45) is 7.89. The summed E-state index contributed by atoms with van der Waals surface area (Å²) in [6, 6.07) is 4.11. The number of anilines is 1. The fourth-order valence-corrected chi connectivity index (χ4v) is 5.31. The zero-order valence-electron chi connectivity index (χ0n) is 21.9. The number of carbonyl (C=O) groups is 2. The minimum atomic E-state index is -1.37. The molecule has 4 rings (SSSR count). The number of nitrogens with zero attached hydrogens (tertiary/aromatic N) is 1. The van der Waals surface area contributed by atoms with Gasteiger partial charge in [0.05, 0.1) is 24.5 Å². The van der Waals surface area contributed by atoms with Crippen LogP contribution in [0, 0.1) is 0 Å². The van der Waals surface area contributed by atoms with Gasteiger partial charge in [-0.1, -0.05) is 30.7 Å². The van der Waals surface area contributed by atoms with E-state index in [2.05, 4.69) is 18.3 Å². The van der Waals surface area contributed by atoms with E-state index in [0.717, 1.165) is 34.6 Å². The Kier molecular flexibility index (Phi) is 7.48. The van der Waals surface area contributed by atoms with Gasteiger partial charge in [0.1, 0.15) is 17.6 Å². The molecule has 8 heteroatoms. The molecule has 0 spiro atoms. The van der Waals surface area contributed by atoms with Crippen LogP contribution in [0.1, 0.15) is 64.0 Å². The number of aliphatic hydroxyl groups is 1. The Hall–Kier alpha value is -2.84. The van der Waals surface area contributed by atoms with Crippen molar-refractivity contribution < 1.29 is 28.9 Å². The largest absolute Gasteiger partial charge is 0.496 e. The molecule has 3 heterocycles. The van der Waals surface area contributed by atoms with Gasteiger partial charge in [-0.2, -0.15) is 0 Å². The van der Waals surface area contributed by atoms with Crippen molar-refractivity contribution in [2.45, 2.75) is 89.3 Å². The maximum Gasteiger partial charge on any atom is 0.409 e. The van der Waals surface area contributed by atoms with Crippen LogP contribution in [-0.2, 0) is 27.1 Å². The number of allylic oxidation sites excluding steroid dienone is 3. The molecule has 0 saturated carbocycles. The van der Waals surface area contributed by atoms with Crippen LogP contribution in [0.5, 0.6) is 5.75 Å². The summed E-state index contributed by atoms with van der Waals surface area (Å²) in [4.78, 5) is 27.1. The Balaban J connectivity index is 1.65. The highest BCUT2D eigenvalue weighted by molar-refractivity contribution is 5.94. The molecule has 0 aliphatic carbocycles. The Bertz CT molecular complexity index is 1080. The highest BCUT2D eigenvalue weighted by Crippen LogP contribution is 2.45. The number of carbonyl (C=O) groups excluding carboxylic acids is 2. The van der Waals surface area contributed by atoms with Gasteiger partial charge in [-0.25, -0.2) is 4.79 Å². The van der Waals surface area contributed by atoms with E-state index in [4.69, 9.17) is 14.2 Å². The number of hydrogen-bond donors (Lipinski definition) is 2. The summed E-state index contributed by atoms with van der Waals surface area (Å²) < 4.78 is 17.1. The molecule has 2 amide bonds. The van der Waals surface area contributed by atoms with E-state index in [9.17, 15) is 14.7 Å². The molecular weight excluding hydrogens is 460 g/mol. The van der Waals surface area contributed by atoms with Gasteiger partial charge in [0.2, 0.25) is 5.91 Å². The smallest absolute Gasteiger partial charge is 0.409 e. The molecule has 0 aromatic heterocycles. The van der Waals surface area contributed by atoms with Crippen molar-refractivity contribution in [2.24, 2.45) is 0 Å². The molecule has 2 saturated heterocycles. The molecule has 196 valence electrons. The molecule has 3 aliphatic heterocycles. The van der Waals surface area contributed by atoms with Gasteiger partial charge in [0, 0.05) is 38.3 Å². The fourth-order valence-electron chi connectivity index (χ4n) is 5.31. The predicted octanol–water partition coefficient (Wildman–Crippen LogP) is 4.18. The van der Waals surface area contributed by atoms with Gasteiger partial charge in [0.15, 0.2) is 0 Å². The maximum absolute atomic E-state index is 13.3. The number of rotatable bonds is 2. The average molecular weight is 499 g/mol. The number of benzene rings is 1. The second-order valence-corrected chi connectivity index (χ2v) is 10.5. The molecule has 4 atom stereocenters. The van der Waals surface area contributed by atoms with Crippen LogP contribution in [0.3, 0.4) is 0 Å². The third kappa shape index (κ3) is 5.76. The maximum atomic E-state index is 13.3. The molecule has 2 fully saturated rings. The zero-order chi connectivity index (χ0) is 26.1. The molecule has 2 N–H and O–H groups in total. The zero-order valence-corrected chi connectivity index (χ0v) is 21.9. The van der Waals surface area contributed by atoms with Crippen molar-refractivity contribution >= 4 is 17.7 Å². The molecule has 0 radical (unpaired) electrons. The van der Waals surface area contributed by atoms with Crippen LogP contribution in [-0.4, -0.2) is 54.8 Å². The van der Waals surface area contributed by atoms with Gasteiger partial charge in [0.25, 0.3) is 0 Å². The van der Waals surface area contributed by atoms with E-state index in [0.29, 0.717) is 25.7 Å². The van der Waals surface area contributed by atoms with Crippen molar-refractivity contribution in [1.29, 1.82) is 0 Å². The first-order chi connectivity index (χ1) is 17.1. The van der Waals surface area contributed by atoms with Crippen molar-refractivity contribution in [3.8, 4) is 5.75 Å². The van der Waals surface area contributed by atoms with Gasteiger partial charge in [-0.05, 0) is 50.8 Å². The molecule has 36 heavy (non-hydrogen) atoms. The number of ether oxygens (including phenoxy) is 3. The SMILES string of the molecule is CCc1c(OC)cc2cc1N(C)C(=O)CCC1(C)OC1CC1C[C@](O)(C/C=C/C=C(\C)C2)NC(=O)O1. The van der Waals surface area contributed by atoms with E-state index < -0.39 is 23.5 Å². The van der Waals surface area contributed by atoms with Crippen LogP contribution in [0.4, 0.5) is 10.5 Å². The second kappa shape index (κ2) is 10.3. The molecule has 1 aromatic rings.